The predicted octanol–water partition coefficient (Wildman–Crippen LogP) is 1.63. The zero-order valence-electron chi connectivity index (χ0n) is 21.4. The molecule has 4 heterocycles. The molecule has 4 aromatic heterocycles. The summed E-state index contributed by atoms with van der Waals surface area (Å²) >= 11 is 0. The Kier molecular flexibility index (Phi) is 3.99. The van der Waals surface area contributed by atoms with Crippen LogP contribution in [0.4, 0.5) is 11.6 Å². The van der Waals surface area contributed by atoms with Gasteiger partial charge in [0.25, 0.3) is 0 Å². The average molecular weight is 454 g/mol. The van der Waals surface area contributed by atoms with E-state index in [-0.39, 0.29) is 17.7 Å². The summed E-state index contributed by atoms with van der Waals surface area (Å²) in [7, 11) is 1.59. The fourth-order valence-electron chi connectivity index (χ4n) is 4.47. The molecule has 172 valence electrons. The number of amides is 1. The molecular weight excluding hydrogens is 424 g/mol. The number of fused-ring (bicyclic) bond motifs is 2. The molecule has 11 nitrogen and oxygen atoms in total. The lowest BCUT2D eigenvalue weighted by Crippen LogP contribution is -2.55. The van der Waals surface area contributed by atoms with Gasteiger partial charge in [-0.25, -0.2) is 19.3 Å². The van der Waals surface area contributed by atoms with Gasteiger partial charge in [-0.2, -0.15) is 0 Å². The zero-order chi connectivity index (χ0) is 26.0. The van der Waals surface area contributed by atoms with E-state index >= 15 is 0 Å². The number of methoxy groups -OCH3 is 1. The van der Waals surface area contributed by atoms with E-state index in [1.807, 2.05) is 0 Å². The van der Waals surface area contributed by atoms with E-state index in [1.165, 1.54) is 10.8 Å². The van der Waals surface area contributed by atoms with Crippen molar-refractivity contribution in [1.82, 2.24) is 28.7 Å². The number of anilines is 2. The Morgan fingerprint density at radius 1 is 1.27 bits per heavy atom. The molecule has 0 spiro atoms. The summed E-state index contributed by atoms with van der Waals surface area (Å²) in [5.74, 6) is 0.722. The van der Waals surface area contributed by atoms with Crippen molar-refractivity contribution in [3.05, 3.63) is 46.9 Å². The minimum atomic E-state index is -2.64. The second kappa shape index (κ2) is 7.41. The molecule has 3 N–H and O–H groups in total. The SMILES string of the molecule is [2H]C([2H])([2H])n1c(=O)n(C(C)C)c2cc(Nc3ccc4cnc(C5(C(N)=O)CC(OC)C5)n4n3)ncc21. The van der Waals surface area contributed by atoms with Crippen LogP contribution in [-0.2, 0) is 21.9 Å². The van der Waals surface area contributed by atoms with Crippen LogP contribution in [0.2, 0.25) is 0 Å². The molecule has 0 unspecified atom stereocenters. The van der Waals surface area contributed by atoms with Crippen LogP contribution in [0.3, 0.4) is 0 Å². The van der Waals surface area contributed by atoms with Gasteiger partial charge in [0.15, 0.2) is 5.82 Å². The number of nitrogens with two attached hydrogens (primary N) is 1. The number of aromatic nitrogens is 6. The number of carbonyl (C=O) groups is 1. The summed E-state index contributed by atoms with van der Waals surface area (Å²) in [4.78, 5) is 34.0. The summed E-state index contributed by atoms with van der Waals surface area (Å²) in [6.07, 6.45) is 3.74. The fraction of sp³-hybridized carbons (Fsp3) is 0.409. The molecule has 0 atom stereocenters. The Morgan fingerprint density at radius 2 is 2.06 bits per heavy atom. The number of nitrogens with one attached hydrogen (secondary N) is 1. The topological polar surface area (TPSA) is 134 Å². The molecule has 33 heavy (non-hydrogen) atoms. The minimum Gasteiger partial charge on any atom is -0.381 e. The van der Waals surface area contributed by atoms with E-state index in [1.54, 1.807) is 49.9 Å². The van der Waals surface area contributed by atoms with E-state index in [2.05, 4.69) is 20.4 Å². The summed E-state index contributed by atoms with van der Waals surface area (Å²) in [5.41, 5.74) is 5.48. The number of primary amides is 1. The first-order valence-electron chi connectivity index (χ1n) is 12.0. The first kappa shape index (κ1) is 17.8. The lowest BCUT2D eigenvalue weighted by atomic mass is 9.65. The third-order valence-electron chi connectivity index (χ3n) is 6.30. The average Bonchev–Trinajstić information content (AvgIpc) is 3.30. The zero-order valence-corrected chi connectivity index (χ0v) is 18.4. The van der Waals surface area contributed by atoms with Gasteiger partial charge in [-0.1, -0.05) is 0 Å². The maximum atomic E-state index is 12.9. The van der Waals surface area contributed by atoms with Crippen LogP contribution >= 0.6 is 0 Å². The lowest BCUT2D eigenvalue weighted by Gasteiger charge is -2.42. The molecule has 0 bridgehead atoms. The normalized spacial score (nSPS) is 22.2. The maximum Gasteiger partial charge on any atom is 0.329 e. The smallest absolute Gasteiger partial charge is 0.329 e. The number of carbonyl (C=O) groups excluding carboxylic acids is 1. The van der Waals surface area contributed by atoms with E-state index in [4.69, 9.17) is 14.6 Å². The number of nitrogens with zero attached hydrogens (tertiary/aromatic N) is 6. The minimum absolute atomic E-state index is 0.0807. The van der Waals surface area contributed by atoms with E-state index in [0.29, 0.717) is 41.3 Å². The highest BCUT2D eigenvalue weighted by atomic mass is 16.5. The standard InChI is InChI=1S/C22H26N8O3/c1-12(2)29-15-7-18(24-11-16(15)28(3)21(29)32)26-17-6-5-13-10-25-20(30(13)27-17)22(19(23)31)8-14(9-22)33-4/h5-7,10-12,14H,8-9H2,1-4H3,(H2,23,31)(H,24,26,27)/i3D3. The summed E-state index contributed by atoms with van der Waals surface area (Å²) < 4.78 is 32.4. The molecule has 11 heteroatoms. The maximum absolute atomic E-state index is 12.9. The quantitative estimate of drug-likeness (QED) is 0.453. The van der Waals surface area contributed by atoms with Crippen molar-refractivity contribution in [3.8, 4) is 0 Å². The van der Waals surface area contributed by atoms with Gasteiger partial charge in [0.05, 0.1) is 35.0 Å². The van der Waals surface area contributed by atoms with E-state index in [9.17, 15) is 9.59 Å². The summed E-state index contributed by atoms with van der Waals surface area (Å²) in [6, 6.07) is 4.86. The van der Waals surface area contributed by atoms with Crippen LogP contribution in [0.15, 0.2) is 35.4 Å². The van der Waals surface area contributed by atoms with Crippen molar-refractivity contribution >= 4 is 34.1 Å². The number of hydrogen-bond donors (Lipinski definition) is 2. The fourth-order valence-corrected chi connectivity index (χ4v) is 4.47. The number of aryl methyl sites for hydroxylation is 1. The van der Waals surface area contributed by atoms with Gasteiger partial charge in [-0.05, 0) is 38.8 Å². The van der Waals surface area contributed by atoms with Crippen LogP contribution in [0.5, 0.6) is 0 Å². The molecule has 0 saturated heterocycles. The third kappa shape index (κ3) is 3.10. The second-order valence-electron chi connectivity index (χ2n) is 8.61. The Bertz CT molecular complexity index is 1550. The Labute approximate surface area is 193 Å². The second-order valence-corrected chi connectivity index (χ2v) is 8.61. The van der Waals surface area contributed by atoms with Gasteiger partial charge in [-0.3, -0.25) is 13.9 Å². The van der Waals surface area contributed by atoms with Crippen molar-refractivity contribution in [1.29, 1.82) is 0 Å². The number of pyridine rings is 1. The first-order chi connectivity index (χ1) is 17.0. The van der Waals surface area contributed by atoms with Crippen molar-refractivity contribution in [2.24, 2.45) is 12.7 Å². The predicted molar refractivity (Wildman–Crippen MR) is 123 cm³/mol. The summed E-state index contributed by atoms with van der Waals surface area (Å²) in [6.45, 7) is 0.963. The molecule has 1 fully saturated rings. The highest BCUT2D eigenvalue weighted by Crippen LogP contribution is 2.44. The number of ether oxygens (including phenoxy) is 1. The molecule has 0 radical (unpaired) electrons. The largest absolute Gasteiger partial charge is 0.381 e. The monoisotopic (exact) mass is 453 g/mol. The van der Waals surface area contributed by atoms with Crippen LogP contribution in [0.25, 0.3) is 16.6 Å². The van der Waals surface area contributed by atoms with Gasteiger partial charge in [0.1, 0.15) is 17.1 Å². The molecule has 1 aliphatic rings. The molecule has 1 aliphatic carbocycles. The molecule has 1 saturated carbocycles. The van der Waals surface area contributed by atoms with Crippen molar-refractivity contribution in [2.45, 2.75) is 44.2 Å². The molecule has 1 amide bonds. The molecular formula is C22H26N8O3. The van der Waals surface area contributed by atoms with Crippen molar-refractivity contribution < 1.29 is 13.6 Å². The van der Waals surface area contributed by atoms with Gasteiger partial charge in [0.2, 0.25) is 5.91 Å². The Balaban J connectivity index is 1.55. The van der Waals surface area contributed by atoms with Crippen LogP contribution < -0.4 is 16.7 Å². The molecule has 0 aliphatic heterocycles. The van der Waals surface area contributed by atoms with Crippen LogP contribution in [0, 0.1) is 0 Å². The summed E-state index contributed by atoms with van der Waals surface area (Å²) in [5, 5.41) is 7.70. The third-order valence-corrected chi connectivity index (χ3v) is 6.30. The van der Waals surface area contributed by atoms with E-state index in [0.717, 1.165) is 4.57 Å². The lowest BCUT2D eigenvalue weighted by molar-refractivity contribution is -0.133. The van der Waals surface area contributed by atoms with Crippen molar-refractivity contribution in [2.75, 3.05) is 12.4 Å². The van der Waals surface area contributed by atoms with Gasteiger partial charge in [0, 0.05) is 30.3 Å². The number of hydrogen-bond acceptors (Lipinski definition) is 7. The van der Waals surface area contributed by atoms with Crippen LogP contribution in [-0.4, -0.2) is 47.8 Å². The molecule has 5 rings (SSSR count). The highest BCUT2D eigenvalue weighted by Gasteiger charge is 2.53. The Hall–Kier alpha value is -3.73. The van der Waals surface area contributed by atoms with Gasteiger partial charge in [-0.15, -0.1) is 5.10 Å². The first-order valence-corrected chi connectivity index (χ1v) is 10.5. The molecule has 0 aromatic carbocycles. The highest BCUT2D eigenvalue weighted by molar-refractivity contribution is 5.87. The van der Waals surface area contributed by atoms with Gasteiger partial charge >= 0.3 is 5.69 Å². The van der Waals surface area contributed by atoms with Crippen LogP contribution in [0.1, 0.15) is 42.7 Å². The number of imidazole rings is 2. The van der Waals surface area contributed by atoms with Gasteiger partial charge < -0.3 is 15.8 Å². The molecule has 4 aromatic rings. The van der Waals surface area contributed by atoms with Crippen molar-refractivity contribution in [3.63, 3.8) is 0 Å². The number of rotatable bonds is 6. The van der Waals surface area contributed by atoms with E-state index < -0.39 is 24.0 Å². The Morgan fingerprint density at radius 3 is 2.73 bits per heavy atom.